The molecular formula is C27H29N3O2S. The molecule has 0 bridgehead atoms. The summed E-state index contributed by atoms with van der Waals surface area (Å²) in [5.41, 5.74) is 6.59. The first kappa shape index (κ1) is 21.9. The van der Waals surface area contributed by atoms with Crippen LogP contribution in [0.2, 0.25) is 0 Å². The van der Waals surface area contributed by atoms with Crippen molar-refractivity contribution in [1.29, 1.82) is 0 Å². The Balaban J connectivity index is 1.43. The van der Waals surface area contributed by atoms with Crippen molar-refractivity contribution in [2.45, 2.75) is 49.5 Å². The van der Waals surface area contributed by atoms with Crippen LogP contribution in [0.15, 0.2) is 65.6 Å². The van der Waals surface area contributed by atoms with E-state index in [4.69, 9.17) is 5.14 Å². The summed E-state index contributed by atoms with van der Waals surface area (Å²) in [6.45, 7) is 3.26. The molecule has 5 rings (SSSR count). The normalized spacial score (nSPS) is 16.2. The Morgan fingerprint density at radius 3 is 2.58 bits per heavy atom. The molecule has 1 spiro atoms. The molecule has 0 unspecified atom stereocenters. The van der Waals surface area contributed by atoms with E-state index in [1.807, 2.05) is 41.3 Å². The summed E-state index contributed by atoms with van der Waals surface area (Å²) in [5, 5.41) is 18.7. The van der Waals surface area contributed by atoms with Gasteiger partial charge in [0.1, 0.15) is 5.75 Å². The van der Waals surface area contributed by atoms with Crippen molar-refractivity contribution in [3.63, 3.8) is 0 Å². The molecule has 5 nitrogen and oxygen atoms in total. The number of carbonyl (C=O) groups excluding carboxylic acids is 1. The Kier molecular flexibility index (Phi) is 5.81. The number of fused-ring (bicyclic) bond motifs is 2. The largest absolute Gasteiger partial charge is 0.508 e. The lowest BCUT2D eigenvalue weighted by atomic mass is 9.79. The van der Waals surface area contributed by atoms with E-state index in [2.05, 4.69) is 30.4 Å². The second-order valence-electron chi connectivity index (χ2n) is 9.23. The summed E-state index contributed by atoms with van der Waals surface area (Å²) in [4.78, 5) is 16.2. The van der Waals surface area contributed by atoms with E-state index in [-0.39, 0.29) is 17.2 Å². The Bertz CT molecular complexity index is 1190. The van der Waals surface area contributed by atoms with Crippen LogP contribution in [0.4, 0.5) is 10.5 Å². The van der Waals surface area contributed by atoms with E-state index in [0.717, 1.165) is 52.2 Å². The number of carbonyl (C=O) groups is 1. The molecule has 3 aromatic carbocycles. The van der Waals surface area contributed by atoms with Crippen molar-refractivity contribution in [3.8, 4) is 16.9 Å². The number of phenols is 1. The summed E-state index contributed by atoms with van der Waals surface area (Å²) in [6, 6.07) is 19.8. The average molecular weight is 460 g/mol. The number of aromatic hydroxyl groups is 1. The summed E-state index contributed by atoms with van der Waals surface area (Å²) in [6.07, 6.45) is 4.58. The summed E-state index contributed by atoms with van der Waals surface area (Å²) in [5.74, 6) is 0.269. The molecule has 2 aliphatic rings. The van der Waals surface area contributed by atoms with Gasteiger partial charge < -0.3 is 10.4 Å². The van der Waals surface area contributed by atoms with Gasteiger partial charge in [-0.05, 0) is 95.9 Å². The van der Waals surface area contributed by atoms with Crippen LogP contribution in [-0.2, 0) is 12.0 Å². The van der Waals surface area contributed by atoms with Crippen LogP contribution >= 0.6 is 11.9 Å². The van der Waals surface area contributed by atoms with E-state index < -0.39 is 0 Å². The number of nitrogens with one attached hydrogen (secondary N) is 1. The summed E-state index contributed by atoms with van der Waals surface area (Å²) >= 11 is 1.22. The lowest BCUT2D eigenvalue weighted by molar-refractivity contribution is 0.245. The van der Waals surface area contributed by atoms with E-state index in [1.54, 1.807) is 6.07 Å². The third kappa shape index (κ3) is 4.09. The number of hydrogen-bond acceptors (Lipinski definition) is 4. The Morgan fingerprint density at radius 2 is 1.85 bits per heavy atom. The third-order valence-electron chi connectivity index (χ3n) is 7.16. The minimum absolute atomic E-state index is 0.0212. The van der Waals surface area contributed by atoms with Crippen LogP contribution in [0, 0.1) is 6.92 Å². The van der Waals surface area contributed by atoms with Crippen molar-refractivity contribution in [3.05, 3.63) is 77.4 Å². The van der Waals surface area contributed by atoms with E-state index in [1.165, 1.54) is 30.4 Å². The first-order valence-electron chi connectivity index (χ1n) is 11.4. The average Bonchev–Trinajstić information content (AvgIpc) is 3.44. The van der Waals surface area contributed by atoms with Gasteiger partial charge in [0.15, 0.2) is 0 Å². The number of rotatable bonds is 4. The van der Waals surface area contributed by atoms with Crippen molar-refractivity contribution in [2.24, 2.45) is 5.14 Å². The number of nitrogens with zero attached hydrogens (tertiary/aromatic N) is 1. The number of amides is 2. The first-order valence-corrected chi connectivity index (χ1v) is 12.3. The van der Waals surface area contributed by atoms with Gasteiger partial charge in [-0.25, -0.2) is 4.79 Å². The van der Waals surface area contributed by atoms with Crippen LogP contribution in [0.25, 0.3) is 11.1 Å². The fraction of sp³-hybridized carbons (Fsp3) is 0.296. The van der Waals surface area contributed by atoms with Gasteiger partial charge in [-0.15, -0.1) is 0 Å². The molecule has 0 atom stereocenters. The molecule has 1 aliphatic heterocycles. The number of anilines is 1. The maximum absolute atomic E-state index is 13.3. The fourth-order valence-corrected chi connectivity index (χ4v) is 5.67. The highest BCUT2D eigenvalue weighted by atomic mass is 32.2. The third-order valence-corrected chi connectivity index (χ3v) is 7.70. The van der Waals surface area contributed by atoms with Crippen molar-refractivity contribution >= 4 is 23.7 Å². The van der Waals surface area contributed by atoms with Crippen molar-refractivity contribution in [1.82, 2.24) is 5.32 Å². The number of phenolic OH excluding ortho intramolecular Hbond substituents is 1. The van der Waals surface area contributed by atoms with Gasteiger partial charge in [0, 0.05) is 29.1 Å². The van der Waals surface area contributed by atoms with Gasteiger partial charge in [0.2, 0.25) is 0 Å². The van der Waals surface area contributed by atoms with Crippen LogP contribution < -0.4 is 15.4 Å². The second-order valence-corrected chi connectivity index (χ2v) is 9.93. The molecule has 2 amide bonds. The maximum atomic E-state index is 13.3. The smallest absolute Gasteiger partial charge is 0.322 e. The monoisotopic (exact) mass is 459 g/mol. The van der Waals surface area contributed by atoms with Gasteiger partial charge in [-0.1, -0.05) is 37.1 Å². The Labute approximate surface area is 199 Å². The van der Waals surface area contributed by atoms with Gasteiger partial charge in [-0.3, -0.25) is 10.0 Å². The van der Waals surface area contributed by atoms with Gasteiger partial charge in [0.25, 0.3) is 0 Å². The minimum Gasteiger partial charge on any atom is -0.508 e. The van der Waals surface area contributed by atoms with Gasteiger partial charge in [0.05, 0.1) is 0 Å². The van der Waals surface area contributed by atoms with Gasteiger partial charge >= 0.3 is 6.03 Å². The molecule has 0 aromatic heterocycles. The van der Waals surface area contributed by atoms with E-state index >= 15 is 0 Å². The molecule has 33 heavy (non-hydrogen) atoms. The highest BCUT2D eigenvalue weighted by Crippen LogP contribution is 2.51. The number of benzene rings is 3. The summed E-state index contributed by atoms with van der Waals surface area (Å²) in [7, 11) is 0. The molecule has 4 N–H and O–H groups in total. The molecule has 1 heterocycles. The number of urea groups is 1. The molecule has 6 heteroatoms. The van der Waals surface area contributed by atoms with Crippen molar-refractivity contribution < 1.29 is 9.90 Å². The van der Waals surface area contributed by atoms with Crippen LogP contribution in [0.3, 0.4) is 0 Å². The zero-order valence-electron chi connectivity index (χ0n) is 18.8. The number of aryl methyl sites for hydroxylation is 1. The topological polar surface area (TPSA) is 78.6 Å². The molecule has 0 radical (unpaired) electrons. The van der Waals surface area contributed by atoms with Crippen LogP contribution in [0.1, 0.15) is 42.4 Å². The predicted molar refractivity (Wildman–Crippen MR) is 134 cm³/mol. The number of hydrogen-bond donors (Lipinski definition) is 3. The molecule has 170 valence electrons. The lowest BCUT2D eigenvalue weighted by Gasteiger charge is -2.25. The number of nitrogens with two attached hydrogens (primary N) is 1. The molecule has 1 aliphatic carbocycles. The zero-order valence-corrected chi connectivity index (χ0v) is 19.6. The Morgan fingerprint density at radius 1 is 1.09 bits per heavy atom. The fourth-order valence-electron chi connectivity index (χ4n) is 5.38. The minimum atomic E-state index is -0.0569. The standard InChI is InChI=1S/C27H29N3O2S/c1-18-4-8-21(31)15-23(18)20-7-11-25-24(14-20)27(12-2-3-13-27)17-30(25)26(32)29-16-19-5-9-22(33-28)10-6-19/h4-11,14-15,31H,2-3,12-13,16-17,28H2,1H3,(H,29,32). The van der Waals surface area contributed by atoms with Crippen LogP contribution in [0.5, 0.6) is 5.75 Å². The molecule has 0 saturated heterocycles. The molecule has 3 aromatic rings. The maximum Gasteiger partial charge on any atom is 0.322 e. The molecule has 1 saturated carbocycles. The zero-order chi connectivity index (χ0) is 23.0. The second kappa shape index (κ2) is 8.76. The highest BCUT2D eigenvalue weighted by Gasteiger charge is 2.46. The highest BCUT2D eigenvalue weighted by molar-refractivity contribution is 7.97. The van der Waals surface area contributed by atoms with E-state index in [9.17, 15) is 9.90 Å². The molecule has 1 fully saturated rings. The van der Waals surface area contributed by atoms with Crippen LogP contribution in [-0.4, -0.2) is 17.7 Å². The van der Waals surface area contributed by atoms with Gasteiger partial charge in [-0.2, -0.15) is 0 Å². The predicted octanol–water partition coefficient (Wildman–Crippen LogP) is 5.88. The lowest BCUT2D eigenvalue weighted by Crippen LogP contribution is -2.41. The van der Waals surface area contributed by atoms with E-state index in [0.29, 0.717) is 6.54 Å². The Hall–Kier alpha value is -2.96. The quantitative estimate of drug-likeness (QED) is 0.426. The SMILES string of the molecule is Cc1ccc(O)cc1-c1ccc2c(c1)C1(CCCC1)CN2C(=O)NCc1ccc(SN)cc1. The molecular weight excluding hydrogens is 430 g/mol. The first-order chi connectivity index (χ1) is 16.0. The summed E-state index contributed by atoms with van der Waals surface area (Å²) < 4.78 is 0. The van der Waals surface area contributed by atoms with Crippen molar-refractivity contribution in [2.75, 3.05) is 11.4 Å².